The Labute approximate surface area is 160 Å². The Kier molecular flexibility index (Phi) is 6.01. The van der Waals surface area contributed by atoms with Crippen LogP contribution in [0.3, 0.4) is 0 Å². The summed E-state index contributed by atoms with van der Waals surface area (Å²) >= 11 is 0. The molecule has 0 aliphatic heterocycles. The van der Waals surface area contributed by atoms with Crippen molar-refractivity contribution in [3.8, 4) is 22.6 Å². The number of rotatable bonds is 8. The zero-order valence-corrected chi connectivity index (χ0v) is 16.2. The van der Waals surface area contributed by atoms with Gasteiger partial charge in [0.25, 0.3) is 0 Å². The molecule has 0 radical (unpaired) electrons. The molecule has 0 atom stereocenters. The van der Waals surface area contributed by atoms with E-state index in [-0.39, 0.29) is 12.2 Å². The van der Waals surface area contributed by atoms with Gasteiger partial charge in [0.1, 0.15) is 0 Å². The largest absolute Gasteiger partial charge is 0.487 e. The van der Waals surface area contributed by atoms with Crippen molar-refractivity contribution in [2.45, 2.75) is 46.4 Å². The minimum Gasteiger partial charge on any atom is -0.487 e. The lowest BCUT2D eigenvalue weighted by molar-refractivity contribution is 0.198. The second kappa shape index (κ2) is 8.62. The molecule has 0 unspecified atom stereocenters. The molecule has 0 saturated carbocycles. The van der Waals surface area contributed by atoms with E-state index in [1.807, 2.05) is 64.4 Å². The Hall–Kier alpha value is -2.95. The first kappa shape index (κ1) is 18.8. The fourth-order valence-electron chi connectivity index (χ4n) is 2.69. The summed E-state index contributed by atoms with van der Waals surface area (Å²) in [6, 6.07) is 10.0. The second-order valence-electron chi connectivity index (χ2n) is 6.94. The predicted octanol–water partition coefficient (Wildman–Crippen LogP) is 5.53. The molecule has 0 aliphatic carbocycles. The van der Waals surface area contributed by atoms with Gasteiger partial charge < -0.3 is 19.2 Å². The Balaban J connectivity index is 1.73. The van der Waals surface area contributed by atoms with E-state index in [0.717, 1.165) is 33.9 Å². The van der Waals surface area contributed by atoms with Crippen LogP contribution in [0.2, 0.25) is 0 Å². The second-order valence-corrected chi connectivity index (χ2v) is 6.94. The molecule has 27 heavy (non-hydrogen) atoms. The Morgan fingerprint density at radius 2 is 1.70 bits per heavy atom. The van der Waals surface area contributed by atoms with E-state index >= 15 is 0 Å². The first-order valence-corrected chi connectivity index (χ1v) is 9.19. The predicted molar refractivity (Wildman–Crippen MR) is 107 cm³/mol. The van der Waals surface area contributed by atoms with Crippen molar-refractivity contribution in [1.82, 2.24) is 4.98 Å². The summed E-state index contributed by atoms with van der Waals surface area (Å²) in [5, 5.41) is 3.41. The summed E-state index contributed by atoms with van der Waals surface area (Å²) in [7, 11) is 0. The SMILES string of the molecule is CC(C)Oc1ccc(CNc2cncc(-c3ccoc3)c2)cc1OC(C)C. The van der Waals surface area contributed by atoms with Crippen LogP contribution in [0.25, 0.3) is 11.1 Å². The molecule has 2 aromatic heterocycles. The van der Waals surface area contributed by atoms with Gasteiger partial charge in [0.15, 0.2) is 11.5 Å². The van der Waals surface area contributed by atoms with Crippen LogP contribution in [0.1, 0.15) is 33.3 Å². The highest BCUT2D eigenvalue weighted by atomic mass is 16.5. The number of nitrogens with zero attached hydrogens (tertiary/aromatic N) is 1. The molecule has 1 N–H and O–H groups in total. The van der Waals surface area contributed by atoms with E-state index in [2.05, 4.69) is 16.4 Å². The summed E-state index contributed by atoms with van der Waals surface area (Å²) < 4.78 is 16.9. The van der Waals surface area contributed by atoms with Crippen LogP contribution in [0, 0.1) is 0 Å². The summed E-state index contributed by atoms with van der Waals surface area (Å²) in [5.74, 6) is 1.54. The van der Waals surface area contributed by atoms with Crippen molar-refractivity contribution in [3.63, 3.8) is 0 Å². The van der Waals surface area contributed by atoms with E-state index in [1.54, 1.807) is 12.5 Å². The molecule has 142 valence electrons. The number of hydrogen-bond donors (Lipinski definition) is 1. The van der Waals surface area contributed by atoms with Gasteiger partial charge >= 0.3 is 0 Å². The van der Waals surface area contributed by atoms with Crippen molar-refractivity contribution < 1.29 is 13.9 Å². The van der Waals surface area contributed by atoms with Crippen LogP contribution >= 0.6 is 0 Å². The van der Waals surface area contributed by atoms with Crippen molar-refractivity contribution in [3.05, 3.63) is 60.8 Å². The maximum absolute atomic E-state index is 5.93. The molecule has 0 amide bonds. The number of hydrogen-bond acceptors (Lipinski definition) is 5. The molecule has 0 spiro atoms. The minimum absolute atomic E-state index is 0.0820. The highest BCUT2D eigenvalue weighted by Crippen LogP contribution is 2.31. The third-order valence-corrected chi connectivity index (χ3v) is 3.82. The fourth-order valence-corrected chi connectivity index (χ4v) is 2.69. The maximum atomic E-state index is 5.93. The monoisotopic (exact) mass is 366 g/mol. The standard InChI is InChI=1S/C22H26N2O3/c1-15(2)26-21-6-5-17(9-22(21)27-16(3)4)11-24-20-10-19(12-23-13-20)18-7-8-25-14-18/h5-10,12-16,24H,11H2,1-4H3. The highest BCUT2D eigenvalue weighted by molar-refractivity contribution is 5.65. The third kappa shape index (κ3) is 5.26. The van der Waals surface area contributed by atoms with E-state index in [4.69, 9.17) is 13.9 Å². The Morgan fingerprint density at radius 3 is 2.41 bits per heavy atom. The van der Waals surface area contributed by atoms with Gasteiger partial charge in [0.2, 0.25) is 0 Å². The van der Waals surface area contributed by atoms with Crippen LogP contribution in [0.4, 0.5) is 5.69 Å². The average molecular weight is 366 g/mol. The number of benzene rings is 1. The first-order valence-electron chi connectivity index (χ1n) is 9.19. The number of pyridine rings is 1. The molecule has 0 fully saturated rings. The minimum atomic E-state index is 0.0820. The van der Waals surface area contributed by atoms with E-state index in [1.165, 1.54) is 0 Å². The van der Waals surface area contributed by atoms with Gasteiger partial charge in [0.05, 0.1) is 30.4 Å². The number of nitrogens with one attached hydrogen (secondary N) is 1. The van der Waals surface area contributed by atoms with Crippen LogP contribution in [-0.2, 0) is 6.54 Å². The molecular weight excluding hydrogens is 340 g/mol. The van der Waals surface area contributed by atoms with Crippen LogP contribution in [0.15, 0.2) is 59.7 Å². The smallest absolute Gasteiger partial charge is 0.161 e. The van der Waals surface area contributed by atoms with Crippen molar-refractivity contribution in [2.24, 2.45) is 0 Å². The zero-order chi connectivity index (χ0) is 19.2. The van der Waals surface area contributed by atoms with Gasteiger partial charge in [0, 0.05) is 30.1 Å². The van der Waals surface area contributed by atoms with Gasteiger partial charge in [-0.25, -0.2) is 0 Å². The molecule has 3 aromatic rings. The van der Waals surface area contributed by atoms with Crippen LogP contribution < -0.4 is 14.8 Å². The first-order chi connectivity index (χ1) is 13.0. The Bertz CT molecular complexity index is 858. The summed E-state index contributed by atoms with van der Waals surface area (Å²) in [6.45, 7) is 8.70. The lowest BCUT2D eigenvalue weighted by atomic mass is 10.1. The molecule has 0 saturated heterocycles. The van der Waals surface area contributed by atoms with Crippen LogP contribution in [-0.4, -0.2) is 17.2 Å². The van der Waals surface area contributed by atoms with E-state index < -0.39 is 0 Å². The van der Waals surface area contributed by atoms with Crippen molar-refractivity contribution in [1.29, 1.82) is 0 Å². The van der Waals surface area contributed by atoms with Crippen molar-refractivity contribution in [2.75, 3.05) is 5.32 Å². The molecule has 3 rings (SSSR count). The normalized spacial score (nSPS) is 11.0. The van der Waals surface area contributed by atoms with Gasteiger partial charge in [-0.05, 0) is 57.5 Å². The van der Waals surface area contributed by atoms with Gasteiger partial charge in [-0.3, -0.25) is 4.98 Å². The van der Waals surface area contributed by atoms with Gasteiger partial charge in [-0.15, -0.1) is 0 Å². The summed E-state index contributed by atoms with van der Waals surface area (Å²) in [4.78, 5) is 4.31. The fraction of sp³-hybridized carbons (Fsp3) is 0.318. The number of ether oxygens (including phenoxy) is 2. The van der Waals surface area contributed by atoms with Gasteiger partial charge in [-0.2, -0.15) is 0 Å². The topological polar surface area (TPSA) is 56.5 Å². The summed E-state index contributed by atoms with van der Waals surface area (Å²) in [5.41, 5.74) is 4.07. The van der Waals surface area contributed by atoms with Gasteiger partial charge in [-0.1, -0.05) is 6.07 Å². The number of anilines is 1. The molecule has 1 aromatic carbocycles. The molecule has 2 heterocycles. The number of aromatic nitrogens is 1. The molecule has 5 heteroatoms. The average Bonchev–Trinajstić information content (AvgIpc) is 3.16. The maximum Gasteiger partial charge on any atom is 0.161 e. The number of furan rings is 1. The zero-order valence-electron chi connectivity index (χ0n) is 16.2. The quantitative estimate of drug-likeness (QED) is 0.568. The highest BCUT2D eigenvalue weighted by Gasteiger charge is 2.10. The third-order valence-electron chi connectivity index (χ3n) is 3.82. The lowest BCUT2D eigenvalue weighted by Crippen LogP contribution is -2.11. The van der Waals surface area contributed by atoms with E-state index in [9.17, 15) is 0 Å². The molecule has 0 aliphatic rings. The molecular formula is C22H26N2O3. The lowest BCUT2D eigenvalue weighted by Gasteiger charge is -2.18. The molecule has 0 bridgehead atoms. The Morgan fingerprint density at radius 1 is 0.926 bits per heavy atom. The van der Waals surface area contributed by atoms with Crippen molar-refractivity contribution >= 4 is 5.69 Å². The van der Waals surface area contributed by atoms with Crippen LogP contribution in [0.5, 0.6) is 11.5 Å². The molecule has 5 nitrogen and oxygen atoms in total. The van der Waals surface area contributed by atoms with E-state index in [0.29, 0.717) is 6.54 Å². The summed E-state index contributed by atoms with van der Waals surface area (Å²) in [6.07, 6.45) is 7.18.